The first-order valence-corrected chi connectivity index (χ1v) is 7.10. The standard InChI is InChI=1S/C13H15Cl3N2O3/c1-13(2,3)10(11(19)20)18-12(21)17-9-7(15)4-6(14)5-8(9)16/h4-5,10H,1-3H3,(H,19,20)(H2,17,18,21)/t10-/m0/s1. The van der Waals surface area contributed by atoms with E-state index in [-0.39, 0.29) is 15.7 Å². The van der Waals surface area contributed by atoms with Crippen LogP contribution in [0.4, 0.5) is 10.5 Å². The molecule has 8 heteroatoms. The third kappa shape index (κ3) is 4.95. The highest BCUT2D eigenvalue weighted by molar-refractivity contribution is 6.42. The van der Waals surface area contributed by atoms with Crippen molar-refractivity contribution < 1.29 is 14.7 Å². The fourth-order valence-electron chi connectivity index (χ4n) is 1.59. The molecule has 1 aromatic carbocycles. The molecule has 0 bridgehead atoms. The van der Waals surface area contributed by atoms with E-state index in [9.17, 15) is 9.59 Å². The van der Waals surface area contributed by atoms with Crippen LogP contribution in [-0.2, 0) is 4.79 Å². The molecule has 21 heavy (non-hydrogen) atoms. The highest BCUT2D eigenvalue weighted by Gasteiger charge is 2.32. The number of rotatable bonds is 3. The summed E-state index contributed by atoms with van der Waals surface area (Å²) < 4.78 is 0. The van der Waals surface area contributed by atoms with Crippen LogP contribution in [0.3, 0.4) is 0 Å². The summed E-state index contributed by atoms with van der Waals surface area (Å²) in [4.78, 5) is 23.1. The third-order valence-electron chi connectivity index (χ3n) is 2.63. The molecule has 1 atom stereocenters. The van der Waals surface area contributed by atoms with Gasteiger partial charge < -0.3 is 15.7 Å². The van der Waals surface area contributed by atoms with Crippen LogP contribution in [0.2, 0.25) is 15.1 Å². The topological polar surface area (TPSA) is 78.4 Å². The smallest absolute Gasteiger partial charge is 0.326 e. The summed E-state index contributed by atoms with van der Waals surface area (Å²) in [6, 6.07) is 1.05. The van der Waals surface area contributed by atoms with E-state index >= 15 is 0 Å². The van der Waals surface area contributed by atoms with Crippen molar-refractivity contribution >= 4 is 52.5 Å². The van der Waals surface area contributed by atoms with Crippen molar-refractivity contribution in [2.75, 3.05) is 5.32 Å². The van der Waals surface area contributed by atoms with Crippen LogP contribution in [0.15, 0.2) is 12.1 Å². The number of urea groups is 1. The van der Waals surface area contributed by atoms with Crippen LogP contribution in [0.1, 0.15) is 20.8 Å². The Morgan fingerprint density at radius 1 is 1.14 bits per heavy atom. The number of aliphatic carboxylic acids is 1. The number of benzene rings is 1. The van der Waals surface area contributed by atoms with Gasteiger partial charge in [-0.05, 0) is 17.5 Å². The van der Waals surface area contributed by atoms with Gasteiger partial charge in [-0.25, -0.2) is 9.59 Å². The Labute approximate surface area is 137 Å². The van der Waals surface area contributed by atoms with E-state index in [1.807, 2.05) is 0 Å². The minimum Gasteiger partial charge on any atom is -0.480 e. The van der Waals surface area contributed by atoms with Crippen LogP contribution in [-0.4, -0.2) is 23.1 Å². The molecule has 0 aliphatic heterocycles. The highest BCUT2D eigenvalue weighted by Crippen LogP contribution is 2.33. The zero-order chi connectivity index (χ0) is 16.4. The quantitative estimate of drug-likeness (QED) is 0.759. The van der Waals surface area contributed by atoms with Gasteiger partial charge in [0.2, 0.25) is 0 Å². The van der Waals surface area contributed by atoms with E-state index < -0.39 is 23.5 Å². The molecule has 0 saturated heterocycles. The van der Waals surface area contributed by atoms with Gasteiger partial charge in [0.05, 0.1) is 15.7 Å². The number of halogens is 3. The van der Waals surface area contributed by atoms with Gasteiger partial charge in [-0.1, -0.05) is 55.6 Å². The highest BCUT2D eigenvalue weighted by atomic mass is 35.5. The number of carboxylic acid groups (broad SMARTS) is 1. The number of carbonyl (C=O) groups excluding carboxylic acids is 1. The summed E-state index contributed by atoms with van der Waals surface area (Å²) >= 11 is 17.6. The van der Waals surface area contributed by atoms with Crippen molar-refractivity contribution in [3.8, 4) is 0 Å². The maximum absolute atomic E-state index is 11.9. The van der Waals surface area contributed by atoms with Gasteiger partial charge in [0.25, 0.3) is 0 Å². The summed E-state index contributed by atoms with van der Waals surface area (Å²) in [5.41, 5.74) is -0.491. The first-order valence-electron chi connectivity index (χ1n) is 5.97. The number of carboxylic acids is 1. The number of hydrogen-bond acceptors (Lipinski definition) is 2. The Morgan fingerprint density at radius 3 is 2.00 bits per heavy atom. The molecule has 116 valence electrons. The summed E-state index contributed by atoms with van der Waals surface area (Å²) in [7, 11) is 0. The fraction of sp³-hybridized carbons (Fsp3) is 0.385. The average molecular weight is 354 g/mol. The molecule has 0 aromatic heterocycles. The lowest BCUT2D eigenvalue weighted by Crippen LogP contribution is -2.50. The summed E-state index contributed by atoms with van der Waals surface area (Å²) in [6.07, 6.45) is 0. The van der Waals surface area contributed by atoms with Crippen LogP contribution < -0.4 is 10.6 Å². The van der Waals surface area contributed by atoms with Gasteiger partial charge >= 0.3 is 12.0 Å². The normalized spacial score (nSPS) is 12.7. The molecule has 3 N–H and O–H groups in total. The Kier molecular flexibility index (Phi) is 5.73. The molecule has 0 heterocycles. The molecule has 0 fully saturated rings. The van der Waals surface area contributed by atoms with E-state index in [0.29, 0.717) is 5.02 Å². The predicted molar refractivity (Wildman–Crippen MR) is 84.5 cm³/mol. The van der Waals surface area contributed by atoms with Crippen molar-refractivity contribution in [3.05, 3.63) is 27.2 Å². The van der Waals surface area contributed by atoms with Crippen LogP contribution in [0, 0.1) is 5.41 Å². The van der Waals surface area contributed by atoms with Crippen molar-refractivity contribution in [1.29, 1.82) is 0 Å². The maximum Gasteiger partial charge on any atom is 0.326 e. The SMILES string of the molecule is CC(C)(C)[C@@H](NC(=O)Nc1c(Cl)cc(Cl)cc1Cl)C(=O)O. The molecule has 0 unspecified atom stereocenters. The summed E-state index contributed by atoms with van der Waals surface area (Å²) in [6.45, 7) is 5.11. The molecule has 1 aromatic rings. The Morgan fingerprint density at radius 2 is 1.62 bits per heavy atom. The van der Waals surface area contributed by atoms with E-state index in [1.54, 1.807) is 20.8 Å². The van der Waals surface area contributed by atoms with E-state index in [4.69, 9.17) is 39.9 Å². The van der Waals surface area contributed by atoms with Gasteiger partial charge in [0.15, 0.2) is 0 Å². The molecular weight excluding hydrogens is 339 g/mol. The minimum atomic E-state index is -1.13. The molecule has 1 rings (SSSR count). The van der Waals surface area contributed by atoms with Gasteiger partial charge in [-0.3, -0.25) is 0 Å². The maximum atomic E-state index is 11.9. The van der Waals surface area contributed by atoms with E-state index in [1.165, 1.54) is 12.1 Å². The van der Waals surface area contributed by atoms with Crippen LogP contribution in [0.5, 0.6) is 0 Å². The predicted octanol–water partition coefficient (Wildman–Crippen LogP) is 4.27. The number of hydrogen-bond donors (Lipinski definition) is 3. The molecule has 0 spiro atoms. The van der Waals surface area contributed by atoms with Gasteiger partial charge in [0.1, 0.15) is 6.04 Å². The molecule has 0 aliphatic rings. The van der Waals surface area contributed by atoms with Crippen molar-refractivity contribution in [1.82, 2.24) is 5.32 Å². The second kappa shape index (κ2) is 6.73. The van der Waals surface area contributed by atoms with Crippen LogP contribution in [0.25, 0.3) is 0 Å². The second-order valence-electron chi connectivity index (χ2n) is 5.48. The molecule has 2 amide bonds. The van der Waals surface area contributed by atoms with Crippen molar-refractivity contribution in [2.45, 2.75) is 26.8 Å². The molecule has 5 nitrogen and oxygen atoms in total. The number of nitrogens with one attached hydrogen (secondary N) is 2. The first kappa shape index (κ1) is 17.9. The number of amides is 2. The molecular formula is C13H15Cl3N2O3. The lowest BCUT2D eigenvalue weighted by molar-refractivity contribution is -0.141. The van der Waals surface area contributed by atoms with Crippen molar-refractivity contribution in [2.24, 2.45) is 5.41 Å². The average Bonchev–Trinajstić information content (AvgIpc) is 2.28. The van der Waals surface area contributed by atoms with E-state index in [0.717, 1.165) is 0 Å². The Bertz CT molecular complexity index is 547. The minimum absolute atomic E-state index is 0.158. The first-order chi connectivity index (χ1) is 9.52. The lowest BCUT2D eigenvalue weighted by Gasteiger charge is -2.27. The van der Waals surface area contributed by atoms with Gasteiger partial charge in [-0.15, -0.1) is 0 Å². The van der Waals surface area contributed by atoms with E-state index in [2.05, 4.69) is 10.6 Å². The van der Waals surface area contributed by atoms with Gasteiger partial charge in [-0.2, -0.15) is 0 Å². The molecule has 0 radical (unpaired) electrons. The number of anilines is 1. The fourth-order valence-corrected chi connectivity index (χ4v) is 2.50. The Hall–Kier alpha value is -1.17. The zero-order valence-electron chi connectivity index (χ0n) is 11.6. The van der Waals surface area contributed by atoms with Gasteiger partial charge in [0, 0.05) is 5.02 Å². The zero-order valence-corrected chi connectivity index (χ0v) is 13.9. The van der Waals surface area contributed by atoms with Crippen LogP contribution >= 0.6 is 34.8 Å². The Balaban J connectivity index is 2.90. The summed E-state index contributed by atoms with van der Waals surface area (Å²) in [5, 5.41) is 14.6. The van der Waals surface area contributed by atoms with Crippen molar-refractivity contribution in [3.63, 3.8) is 0 Å². The largest absolute Gasteiger partial charge is 0.480 e. The number of carbonyl (C=O) groups is 2. The lowest BCUT2D eigenvalue weighted by atomic mass is 9.87. The molecule has 0 aliphatic carbocycles. The monoisotopic (exact) mass is 352 g/mol. The summed E-state index contributed by atoms with van der Waals surface area (Å²) in [5.74, 6) is -1.13. The third-order valence-corrected chi connectivity index (χ3v) is 3.45. The second-order valence-corrected chi connectivity index (χ2v) is 6.73. The molecule has 0 saturated carbocycles.